The maximum atomic E-state index is 14.0. The van der Waals surface area contributed by atoms with Crippen molar-refractivity contribution in [2.45, 2.75) is 38.6 Å². The van der Waals surface area contributed by atoms with Gasteiger partial charge in [-0.3, -0.25) is 19.3 Å². The molecule has 0 spiro atoms. The van der Waals surface area contributed by atoms with Crippen molar-refractivity contribution in [2.75, 3.05) is 37.6 Å². The van der Waals surface area contributed by atoms with Crippen LogP contribution in [-0.4, -0.2) is 61.4 Å². The zero-order valence-corrected chi connectivity index (χ0v) is 17.1. The Morgan fingerprint density at radius 1 is 1.20 bits per heavy atom. The fraction of sp³-hybridized carbons (Fsp3) is 0.571. The molecule has 1 aromatic rings. The summed E-state index contributed by atoms with van der Waals surface area (Å²) in [6.07, 6.45) is 2.35. The van der Waals surface area contributed by atoms with Gasteiger partial charge in [-0.05, 0) is 31.4 Å². The first-order valence-corrected chi connectivity index (χ1v) is 10.4. The van der Waals surface area contributed by atoms with Gasteiger partial charge in [-0.1, -0.05) is 6.92 Å². The zero-order chi connectivity index (χ0) is 21.7. The molecule has 30 heavy (non-hydrogen) atoms. The van der Waals surface area contributed by atoms with Crippen LogP contribution in [0.5, 0.6) is 0 Å². The minimum absolute atomic E-state index is 0.000898. The number of carbonyl (C=O) groups excluding carboxylic acids is 3. The van der Waals surface area contributed by atoms with E-state index in [4.69, 9.17) is 0 Å². The molecule has 0 bridgehead atoms. The highest BCUT2D eigenvalue weighted by atomic mass is 19.1. The van der Waals surface area contributed by atoms with E-state index in [0.717, 1.165) is 31.4 Å². The molecule has 0 radical (unpaired) electrons. The van der Waals surface area contributed by atoms with Crippen molar-refractivity contribution in [3.8, 4) is 0 Å². The molecule has 0 aliphatic carbocycles. The van der Waals surface area contributed by atoms with Crippen LogP contribution in [0.3, 0.4) is 0 Å². The fourth-order valence-electron chi connectivity index (χ4n) is 3.89. The van der Waals surface area contributed by atoms with Gasteiger partial charge in [0.15, 0.2) is 0 Å². The standard InChI is InChI=1S/C21H28F2N4O3/c1-2-7-24-19(28)13-26-8-5-16(6-9-26)25-21(30)14-10-20(29)27(12-14)18-4-3-15(22)11-17(18)23/h3-4,11,14,16H,2,5-10,12-13H2,1H3,(H,24,28)(H,25,30). The Morgan fingerprint density at radius 2 is 1.93 bits per heavy atom. The van der Waals surface area contributed by atoms with Crippen molar-refractivity contribution < 1.29 is 23.2 Å². The van der Waals surface area contributed by atoms with Gasteiger partial charge < -0.3 is 15.5 Å². The number of halogens is 2. The van der Waals surface area contributed by atoms with Crippen LogP contribution >= 0.6 is 0 Å². The van der Waals surface area contributed by atoms with E-state index >= 15 is 0 Å². The second-order valence-corrected chi connectivity index (χ2v) is 7.91. The van der Waals surface area contributed by atoms with Crippen LogP contribution in [0.2, 0.25) is 0 Å². The molecular formula is C21H28F2N4O3. The minimum Gasteiger partial charge on any atom is -0.355 e. The Bertz CT molecular complexity index is 796. The molecule has 2 N–H and O–H groups in total. The van der Waals surface area contributed by atoms with Crippen molar-refractivity contribution in [1.82, 2.24) is 15.5 Å². The lowest BCUT2D eigenvalue weighted by molar-refractivity contribution is -0.127. The Labute approximate surface area is 174 Å². The summed E-state index contributed by atoms with van der Waals surface area (Å²) in [5, 5.41) is 5.84. The van der Waals surface area contributed by atoms with Crippen molar-refractivity contribution in [3.05, 3.63) is 29.8 Å². The largest absolute Gasteiger partial charge is 0.355 e. The molecule has 0 saturated carbocycles. The van der Waals surface area contributed by atoms with E-state index < -0.39 is 17.6 Å². The lowest BCUT2D eigenvalue weighted by atomic mass is 10.0. The van der Waals surface area contributed by atoms with Gasteiger partial charge in [0.1, 0.15) is 11.6 Å². The zero-order valence-electron chi connectivity index (χ0n) is 17.1. The van der Waals surface area contributed by atoms with E-state index in [1.54, 1.807) is 0 Å². The Morgan fingerprint density at radius 3 is 2.60 bits per heavy atom. The molecule has 7 nitrogen and oxygen atoms in total. The third kappa shape index (κ3) is 5.53. The number of hydrogen-bond donors (Lipinski definition) is 2. The topological polar surface area (TPSA) is 81.8 Å². The molecule has 9 heteroatoms. The molecule has 2 saturated heterocycles. The van der Waals surface area contributed by atoms with E-state index in [0.29, 0.717) is 26.2 Å². The van der Waals surface area contributed by atoms with Crippen LogP contribution in [-0.2, 0) is 14.4 Å². The van der Waals surface area contributed by atoms with Gasteiger partial charge in [0.05, 0.1) is 18.2 Å². The number of carbonyl (C=O) groups is 3. The van der Waals surface area contributed by atoms with Crippen LogP contribution in [0.15, 0.2) is 18.2 Å². The molecule has 3 amide bonds. The number of likely N-dealkylation sites (tertiary alicyclic amines) is 1. The lowest BCUT2D eigenvalue weighted by Crippen LogP contribution is -2.48. The van der Waals surface area contributed by atoms with Gasteiger partial charge in [0.2, 0.25) is 17.7 Å². The Kier molecular flexibility index (Phi) is 7.36. The molecule has 1 aromatic carbocycles. The van der Waals surface area contributed by atoms with Gasteiger partial charge in [-0.15, -0.1) is 0 Å². The van der Waals surface area contributed by atoms with Crippen molar-refractivity contribution in [2.24, 2.45) is 5.92 Å². The van der Waals surface area contributed by atoms with E-state index in [-0.39, 0.29) is 42.4 Å². The number of piperidine rings is 1. The van der Waals surface area contributed by atoms with Crippen molar-refractivity contribution in [1.29, 1.82) is 0 Å². The van der Waals surface area contributed by atoms with E-state index in [1.807, 2.05) is 6.92 Å². The van der Waals surface area contributed by atoms with Gasteiger partial charge in [0, 0.05) is 44.7 Å². The van der Waals surface area contributed by atoms with Crippen molar-refractivity contribution in [3.63, 3.8) is 0 Å². The first-order valence-electron chi connectivity index (χ1n) is 10.4. The van der Waals surface area contributed by atoms with Gasteiger partial charge in [-0.2, -0.15) is 0 Å². The maximum absolute atomic E-state index is 14.0. The highest BCUT2D eigenvalue weighted by Gasteiger charge is 2.37. The first-order chi connectivity index (χ1) is 14.4. The lowest BCUT2D eigenvalue weighted by Gasteiger charge is -2.32. The molecule has 1 unspecified atom stereocenters. The number of amides is 3. The number of anilines is 1. The third-order valence-corrected chi connectivity index (χ3v) is 5.57. The molecule has 164 valence electrons. The molecule has 0 aromatic heterocycles. The number of nitrogens with one attached hydrogen (secondary N) is 2. The summed E-state index contributed by atoms with van der Waals surface area (Å²) < 4.78 is 27.1. The highest BCUT2D eigenvalue weighted by Crippen LogP contribution is 2.28. The smallest absolute Gasteiger partial charge is 0.234 e. The van der Waals surface area contributed by atoms with Crippen LogP contribution in [0.1, 0.15) is 32.6 Å². The maximum Gasteiger partial charge on any atom is 0.234 e. The van der Waals surface area contributed by atoms with Gasteiger partial charge in [0.25, 0.3) is 0 Å². The van der Waals surface area contributed by atoms with Crippen LogP contribution in [0.25, 0.3) is 0 Å². The summed E-state index contributed by atoms with van der Waals surface area (Å²) in [7, 11) is 0. The van der Waals surface area contributed by atoms with Crippen LogP contribution in [0.4, 0.5) is 14.5 Å². The molecule has 2 heterocycles. The molecular weight excluding hydrogens is 394 g/mol. The van der Waals surface area contributed by atoms with Crippen LogP contribution in [0, 0.1) is 17.6 Å². The average molecular weight is 422 g/mol. The normalized spacial score (nSPS) is 20.4. The van der Waals surface area contributed by atoms with E-state index in [1.165, 1.54) is 11.0 Å². The Hall–Kier alpha value is -2.55. The minimum atomic E-state index is -0.820. The molecule has 2 aliphatic rings. The monoisotopic (exact) mass is 422 g/mol. The summed E-state index contributed by atoms with van der Waals surface area (Å²) in [6.45, 7) is 4.52. The molecule has 1 atom stereocenters. The highest BCUT2D eigenvalue weighted by molar-refractivity contribution is 6.00. The predicted molar refractivity (Wildman–Crippen MR) is 108 cm³/mol. The first kappa shape index (κ1) is 22.1. The Balaban J connectivity index is 1.47. The van der Waals surface area contributed by atoms with E-state index in [2.05, 4.69) is 15.5 Å². The number of hydrogen-bond acceptors (Lipinski definition) is 4. The second-order valence-electron chi connectivity index (χ2n) is 7.91. The third-order valence-electron chi connectivity index (χ3n) is 5.57. The van der Waals surface area contributed by atoms with Crippen LogP contribution < -0.4 is 15.5 Å². The summed E-state index contributed by atoms with van der Waals surface area (Å²) in [6, 6.07) is 3.02. The summed E-state index contributed by atoms with van der Waals surface area (Å²) in [4.78, 5) is 40.0. The van der Waals surface area contributed by atoms with Gasteiger partial charge in [-0.25, -0.2) is 8.78 Å². The van der Waals surface area contributed by atoms with E-state index in [9.17, 15) is 23.2 Å². The number of rotatable bonds is 7. The van der Waals surface area contributed by atoms with Gasteiger partial charge >= 0.3 is 0 Å². The molecule has 3 rings (SSSR count). The quantitative estimate of drug-likeness (QED) is 0.697. The number of benzene rings is 1. The summed E-state index contributed by atoms with van der Waals surface area (Å²) in [5.74, 6) is -2.68. The summed E-state index contributed by atoms with van der Waals surface area (Å²) in [5.41, 5.74) is -0.00800. The second kappa shape index (κ2) is 9.97. The average Bonchev–Trinajstić information content (AvgIpc) is 3.09. The predicted octanol–water partition coefficient (Wildman–Crippen LogP) is 1.42. The summed E-state index contributed by atoms with van der Waals surface area (Å²) >= 11 is 0. The molecule has 2 fully saturated rings. The SMILES string of the molecule is CCCNC(=O)CN1CCC(NC(=O)C2CC(=O)N(c3ccc(F)cc3F)C2)CC1. The fourth-order valence-corrected chi connectivity index (χ4v) is 3.89. The number of nitrogens with zero attached hydrogens (tertiary/aromatic N) is 2. The molecule has 2 aliphatic heterocycles. The van der Waals surface area contributed by atoms with Crippen molar-refractivity contribution >= 4 is 23.4 Å².